The van der Waals surface area contributed by atoms with Crippen LogP contribution < -0.4 is 5.32 Å². The molecular formula is C23H15ClN2O2. The van der Waals surface area contributed by atoms with Crippen molar-refractivity contribution in [2.75, 3.05) is 5.32 Å². The van der Waals surface area contributed by atoms with Crippen LogP contribution in [0, 0.1) is 0 Å². The molecule has 4 nitrogen and oxygen atoms in total. The largest absolute Gasteiger partial charge is 0.507 e. The lowest BCUT2D eigenvalue weighted by atomic mass is 10.0. The van der Waals surface area contributed by atoms with Gasteiger partial charge in [-0.25, -0.2) is 0 Å². The molecule has 0 saturated heterocycles. The van der Waals surface area contributed by atoms with Gasteiger partial charge in [0.15, 0.2) is 0 Å². The Bertz CT molecular complexity index is 1370. The number of aromatic nitrogens is 1. The Hall–Kier alpha value is -3.50. The van der Waals surface area contributed by atoms with Gasteiger partial charge < -0.3 is 15.4 Å². The lowest BCUT2D eigenvalue weighted by molar-refractivity contribution is 0.102. The van der Waals surface area contributed by atoms with Gasteiger partial charge in [0.1, 0.15) is 5.75 Å². The van der Waals surface area contributed by atoms with Crippen molar-refractivity contribution >= 4 is 55.8 Å². The highest BCUT2D eigenvalue weighted by atomic mass is 35.5. The smallest absolute Gasteiger partial charge is 0.259 e. The van der Waals surface area contributed by atoms with Crippen LogP contribution in [-0.4, -0.2) is 16.0 Å². The van der Waals surface area contributed by atoms with Crippen LogP contribution in [0.1, 0.15) is 10.4 Å². The molecule has 5 heteroatoms. The normalized spacial score (nSPS) is 11.3. The van der Waals surface area contributed by atoms with E-state index >= 15 is 0 Å². The van der Waals surface area contributed by atoms with Crippen LogP contribution in [0.15, 0.2) is 72.8 Å². The average molecular weight is 387 g/mol. The zero-order valence-electron chi connectivity index (χ0n) is 14.7. The predicted octanol–water partition coefficient (Wildman–Crippen LogP) is 6.09. The topological polar surface area (TPSA) is 65.1 Å². The molecule has 5 rings (SSSR count). The molecule has 3 N–H and O–H groups in total. The van der Waals surface area contributed by atoms with Gasteiger partial charge in [-0.15, -0.1) is 0 Å². The third kappa shape index (κ3) is 2.66. The summed E-state index contributed by atoms with van der Waals surface area (Å²) < 4.78 is 0. The fraction of sp³-hybridized carbons (Fsp3) is 0. The van der Waals surface area contributed by atoms with Crippen molar-refractivity contribution in [2.45, 2.75) is 0 Å². The number of carbonyl (C=O) groups is 1. The van der Waals surface area contributed by atoms with E-state index in [1.165, 1.54) is 0 Å². The fourth-order valence-corrected chi connectivity index (χ4v) is 3.78. The summed E-state index contributed by atoms with van der Waals surface area (Å²) >= 11 is 6.14. The first-order chi connectivity index (χ1) is 13.6. The number of benzene rings is 4. The highest BCUT2D eigenvalue weighted by Crippen LogP contribution is 2.35. The molecule has 136 valence electrons. The van der Waals surface area contributed by atoms with Gasteiger partial charge in [0, 0.05) is 32.4 Å². The quantitative estimate of drug-likeness (QED) is 0.344. The predicted molar refractivity (Wildman–Crippen MR) is 114 cm³/mol. The maximum absolute atomic E-state index is 12.6. The van der Waals surface area contributed by atoms with E-state index in [4.69, 9.17) is 11.6 Å². The van der Waals surface area contributed by atoms with Crippen LogP contribution in [0.3, 0.4) is 0 Å². The van der Waals surface area contributed by atoms with Crippen molar-refractivity contribution in [3.63, 3.8) is 0 Å². The van der Waals surface area contributed by atoms with E-state index in [1.54, 1.807) is 24.3 Å². The van der Waals surface area contributed by atoms with Crippen molar-refractivity contribution in [3.05, 3.63) is 83.4 Å². The Balaban J connectivity index is 1.65. The van der Waals surface area contributed by atoms with E-state index in [9.17, 15) is 9.90 Å². The van der Waals surface area contributed by atoms with Gasteiger partial charge in [0.25, 0.3) is 5.91 Å². The molecule has 0 aliphatic heterocycles. The van der Waals surface area contributed by atoms with Crippen molar-refractivity contribution in [1.29, 1.82) is 0 Å². The number of nitrogens with one attached hydrogen (secondary N) is 2. The highest BCUT2D eigenvalue weighted by Gasteiger charge is 2.15. The summed E-state index contributed by atoms with van der Waals surface area (Å²) in [5.41, 5.74) is 2.78. The third-order valence-corrected chi connectivity index (χ3v) is 5.18. The number of phenolic OH excluding ortho intramolecular Hbond substituents is 1. The molecular weight excluding hydrogens is 372 g/mol. The van der Waals surface area contributed by atoms with Gasteiger partial charge in [-0.05, 0) is 47.9 Å². The maximum atomic E-state index is 12.6. The number of aromatic hydroxyl groups is 1. The zero-order valence-corrected chi connectivity index (χ0v) is 15.4. The maximum Gasteiger partial charge on any atom is 0.259 e. The number of para-hydroxylation sites is 1. The molecule has 1 heterocycles. The summed E-state index contributed by atoms with van der Waals surface area (Å²) in [6.07, 6.45) is 0. The van der Waals surface area contributed by atoms with E-state index in [1.807, 2.05) is 48.5 Å². The van der Waals surface area contributed by atoms with Crippen LogP contribution in [0.2, 0.25) is 5.02 Å². The third-order valence-electron chi connectivity index (χ3n) is 4.94. The lowest BCUT2D eigenvalue weighted by Gasteiger charge is -2.09. The van der Waals surface area contributed by atoms with Gasteiger partial charge in [-0.2, -0.15) is 0 Å². The minimum absolute atomic E-state index is 0.0647. The number of aromatic amines is 1. The molecule has 0 saturated carbocycles. The number of rotatable bonds is 2. The van der Waals surface area contributed by atoms with Gasteiger partial charge >= 0.3 is 0 Å². The van der Waals surface area contributed by atoms with E-state index < -0.39 is 0 Å². The Labute approximate surface area is 165 Å². The molecule has 5 aromatic rings. The molecule has 4 aromatic carbocycles. The second-order valence-corrected chi connectivity index (χ2v) is 7.15. The number of halogens is 1. The Morgan fingerprint density at radius 2 is 1.71 bits per heavy atom. The molecule has 1 amide bonds. The lowest BCUT2D eigenvalue weighted by Crippen LogP contribution is -2.12. The van der Waals surface area contributed by atoms with E-state index in [2.05, 4.69) is 10.3 Å². The summed E-state index contributed by atoms with van der Waals surface area (Å²) in [5.74, 6) is -0.417. The molecule has 0 bridgehead atoms. The summed E-state index contributed by atoms with van der Waals surface area (Å²) in [6, 6.07) is 22.2. The van der Waals surface area contributed by atoms with Crippen molar-refractivity contribution in [1.82, 2.24) is 4.98 Å². The molecule has 1 aromatic heterocycles. The zero-order chi connectivity index (χ0) is 19.3. The van der Waals surface area contributed by atoms with Crippen LogP contribution >= 0.6 is 11.6 Å². The van der Waals surface area contributed by atoms with Gasteiger partial charge in [-0.3, -0.25) is 4.79 Å². The average Bonchev–Trinajstić information content (AvgIpc) is 3.06. The second-order valence-electron chi connectivity index (χ2n) is 6.71. The van der Waals surface area contributed by atoms with Crippen molar-refractivity contribution in [3.8, 4) is 5.75 Å². The molecule has 0 unspecified atom stereocenters. The van der Waals surface area contributed by atoms with E-state index in [0.29, 0.717) is 10.7 Å². The van der Waals surface area contributed by atoms with Gasteiger partial charge in [0.05, 0.1) is 11.1 Å². The minimum Gasteiger partial charge on any atom is -0.507 e. The van der Waals surface area contributed by atoms with Gasteiger partial charge in [-0.1, -0.05) is 41.9 Å². The highest BCUT2D eigenvalue weighted by molar-refractivity contribution is 6.32. The molecule has 0 radical (unpaired) electrons. The number of H-pyrrole nitrogens is 1. The number of fused-ring (bicyclic) bond motifs is 5. The van der Waals surface area contributed by atoms with Crippen LogP contribution in [0.4, 0.5) is 5.69 Å². The first-order valence-corrected chi connectivity index (χ1v) is 9.21. The van der Waals surface area contributed by atoms with Crippen LogP contribution in [0.5, 0.6) is 5.75 Å². The molecule has 28 heavy (non-hydrogen) atoms. The second kappa shape index (κ2) is 6.29. The molecule has 0 aliphatic carbocycles. The first kappa shape index (κ1) is 16.7. The van der Waals surface area contributed by atoms with E-state index in [0.717, 1.165) is 32.6 Å². The number of hydrogen-bond donors (Lipinski definition) is 3. The van der Waals surface area contributed by atoms with E-state index in [-0.39, 0.29) is 17.2 Å². The number of anilines is 1. The first-order valence-electron chi connectivity index (χ1n) is 8.83. The molecule has 0 spiro atoms. The summed E-state index contributed by atoms with van der Waals surface area (Å²) in [6.45, 7) is 0. The number of phenols is 1. The monoisotopic (exact) mass is 386 g/mol. The minimum atomic E-state index is -0.353. The van der Waals surface area contributed by atoms with Gasteiger partial charge in [0.2, 0.25) is 0 Å². The van der Waals surface area contributed by atoms with Crippen molar-refractivity contribution < 1.29 is 9.90 Å². The molecule has 0 atom stereocenters. The summed E-state index contributed by atoms with van der Waals surface area (Å²) in [4.78, 5) is 16.0. The Kier molecular flexibility index (Phi) is 3.74. The SMILES string of the molecule is O=C(Nc1ccccc1)c1cc2ccc3c4cc(Cl)ccc4[nH]c3c2cc1O. The summed E-state index contributed by atoms with van der Waals surface area (Å²) in [5, 5.41) is 17.8. The number of carbonyl (C=O) groups excluding carboxylic acids is 1. The fourth-order valence-electron chi connectivity index (χ4n) is 3.60. The molecule has 0 fully saturated rings. The van der Waals surface area contributed by atoms with Crippen molar-refractivity contribution in [2.24, 2.45) is 0 Å². The van der Waals surface area contributed by atoms with Crippen LogP contribution in [-0.2, 0) is 0 Å². The number of hydrogen-bond acceptors (Lipinski definition) is 2. The summed E-state index contributed by atoms with van der Waals surface area (Å²) in [7, 11) is 0. The Morgan fingerprint density at radius 1 is 0.893 bits per heavy atom. The number of amides is 1. The standard InChI is InChI=1S/C23H15ClN2O2/c24-14-7-9-20-18(11-14)16-8-6-13-10-19(21(27)12-17(13)22(16)26-20)23(28)25-15-4-2-1-3-5-15/h1-12,26-27H,(H,25,28). The van der Waals surface area contributed by atoms with Crippen LogP contribution in [0.25, 0.3) is 32.6 Å². The Morgan fingerprint density at radius 3 is 2.54 bits per heavy atom. The molecule has 0 aliphatic rings.